The fourth-order valence-electron chi connectivity index (χ4n) is 3.36. The average Bonchev–Trinajstić information content (AvgIpc) is 2.61. The van der Waals surface area contributed by atoms with E-state index in [1.165, 1.54) is 12.1 Å². The number of hydrogen-bond acceptors (Lipinski definition) is 2. The molecule has 2 aromatic carbocycles. The first-order valence-electron chi connectivity index (χ1n) is 8.32. The van der Waals surface area contributed by atoms with Crippen LogP contribution in [0.3, 0.4) is 0 Å². The number of rotatable bonds is 5. The molecular formula is C20H21FO3. The molecule has 3 nitrogen and oxygen atoms in total. The van der Waals surface area contributed by atoms with Crippen molar-refractivity contribution >= 4 is 5.97 Å². The standard InChI is InChI=1S/C20H21FO3/c21-17-10-11-19(24-13-14-4-2-1-3-5-14)18(12-17)15-6-8-16(9-7-15)20(22)23/h1-5,10-12,15-16H,6-9,13H2,(H,22,23). The predicted molar refractivity (Wildman–Crippen MR) is 89.5 cm³/mol. The van der Waals surface area contributed by atoms with Gasteiger partial charge in [0.1, 0.15) is 18.2 Å². The van der Waals surface area contributed by atoms with Gasteiger partial charge in [0.25, 0.3) is 0 Å². The van der Waals surface area contributed by atoms with Gasteiger partial charge < -0.3 is 9.84 Å². The van der Waals surface area contributed by atoms with Gasteiger partial charge in [0.15, 0.2) is 0 Å². The Labute approximate surface area is 141 Å². The summed E-state index contributed by atoms with van der Waals surface area (Å²) in [6.07, 6.45) is 2.77. The Morgan fingerprint density at radius 2 is 1.79 bits per heavy atom. The van der Waals surface area contributed by atoms with Crippen LogP contribution >= 0.6 is 0 Å². The summed E-state index contributed by atoms with van der Waals surface area (Å²) in [5.74, 6) is -0.435. The summed E-state index contributed by atoms with van der Waals surface area (Å²) in [6.45, 7) is 0.434. The summed E-state index contributed by atoms with van der Waals surface area (Å²) in [5, 5.41) is 9.12. The summed E-state index contributed by atoms with van der Waals surface area (Å²) >= 11 is 0. The van der Waals surface area contributed by atoms with E-state index < -0.39 is 5.97 Å². The normalized spacial score (nSPS) is 20.5. The summed E-state index contributed by atoms with van der Waals surface area (Å²) in [4.78, 5) is 11.1. The smallest absolute Gasteiger partial charge is 0.306 e. The van der Waals surface area contributed by atoms with Crippen LogP contribution < -0.4 is 4.74 Å². The lowest BCUT2D eigenvalue weighted by atomic mass is 9.78. The molecule has 0 aliphatic heterocycles. The molecule has 0 heterocycles. The molecule has 1 fully saturated rings. The van der Waals surface area contributed by atoms with Gasteiger partial charge >= 0.3 is 5.97 Å². The largest absolute Gasteiger partial charge is 0.489 e. The summed E-state index contributed by atoms with van der Waals surface area (Å²) in [7, 11) is 0. The highest BCUT2D eigenvalue weighted by Gasteiger charge is 2.28. The van der Waals surface area contributed by atoms with E-state index in [-0.39, 0.29) is 17.7 Å². The van der Waals surface area contributed by atoms with Crippen LogP contribution in [0.5, 0.6) is 5.75 Å². The van der Waals surface area contributed by atoms with Gasteiger partial charge in [-0.2, -0.15) is 0 Å². The van der Waals surface area contributed by atoms with Gasteiger partial charge in [-0.1, -0.05) is 30.3 Å². The second-order valence-electron chi connectivity index (χ2n) is 6.34. The van der Waals surface area contributed by atoms with Crippen molar-refractivity contribution in [3.8, 4) is 5.75 Å². The van der Waals surface area contributed by atoms with Crippen molar-refractivity contribution in [1.82, 2.24) is 0 Å². The zero-order chi connectivity index (χ0) is 16.9. The lowest BCUT2D eigenvalue weighted by molar-refractivity contribution is -0.142. The Hall–Kier alpha value is -2.36. The van der Waals surface area contributed by atoms with Gasteiger partial charge in [0.05, 0.1) is 5.92 Å². The second-order valence-corrected chi connectivity index (χ2v) is 6.34. The minimum absolute atomic E-state index is 0.155. The third-order valence-corrected chi connectivity index (χ3v) is 4.73. The Morgan fingerprint density at radius 1 is 1.08 bits per heavy atom. The van der Waals surface area contributed by atoms with E-state index in [0.717, 1.165) is 24.0 Å². The molecule has 0 amide bonds. The quantitative estimate of drug-likeness (QED) is 0.860. The molecule has 1 aliphatic rings. The number of carboxylic acid groups (broad SMARTS) is 1. The van der Waals surface area contributed by atoms with Crippen LogP contribution in [-0.4, -0.2) is 11.1 Å². The first-order chi connectivity index (χ1) is 11.6. The molecule has 0 aromatic heterocycles. The lowest BCUT2D eigenvalue weighted by Crippen LogP contribution is -2.20. The third-order valence-electron chi connectivity index (χ3n) is 4.73. The van der Waals surface area contributed by atoms with Gasteiger partial charge in [-0.15, -0.1) is 0 Å². The zero-order valence-corrected chi connectivity index (χ0v) is 13.5. The molecule has 0 radical (unpaired) electrons. The number of ether oxygens (including phenoxy) is 1. The molecule has 3 rings (SSSR count). The second kappa shape index (κ2) is 7.47. The molecule has 0 bridgehead atoms. The molecule has 0 unspecified atom stereocenters. The van der Waals surface area contributed by atoms with Crippen molar-refractivity contribution in [2.45, 2.75) is 38.2 Å². The highest BCUT2D eigenvalue weighted by Crippen LogP contribution is 2.40. The minimum Gasteiger partial charge on any atom is -0.489 e. The number of hydrogen-bond donors (Lipinski definition) is 1. The molecule has 2 aromatic rings. The van der Waals surface area contributed by atoms with Crippen LogP contribution in [0.4, 0.5) is 4.39 Å². The van der Waals surface area contributed by atoms with Gasteiger partial charge in [-0.25, -0.2) is 4.39 Å². The predicted octanol–water partition coefficient (Wildman–Crippen LogP) is 4.76. The maximum Gasteiger partial charge on any atom is 0.306 e. The monoisotopic (exact) mass is 328 g/mol. The summed E-state index contributed by atoms with van der Waals surface area (Å²) < 4.78 is 19.6. The van der Waals surface area contributed by atoms with E-state index >= 15 is 0 Å². The van der Waals surface area contributed by atoms with Gasteiger partial charge in [0.2, 0.25) is 0 Å². The Morgan fingerprint density at radius 3 is 2.46 bits per heavy atom. The van der Waals surface area contributed by atoms with Crippen LogP contribution in [0.1, 0.15) is 42.7 Å². The topological polar surface area (TPSA) is 46.5 Å². The van der Waals surface area contributed by atoms with E-state index in [2.05, 4.69) is 0 Å². The fourth-order valence-corrected chi connectivity index (χ4v) is 3.36. The Bertz CT molecular complexity index is 691. The van der Waals surface area contributed by atoms with Gasteiger partial charge in [-0.3, -0.25) is 4.79 Å². The molecule has 1 N–H and O–H groups in total. The van der Waals surface area contributed by atoms with Crippen LogP contribution in [0, 0.1) is 11.7 Å². The van der Waals surface area contributed by atoms with Crippen molar-refractivity contribution in [3.63, 3.8) is 0 Å². The first kappa shape index (κ1) is 16.5. The van der Waals surface area contributed by atoms with E-state index in [1.54, 1.807) is 6.07 Å². The molecule has 126 valence electrons. The van der Waals surface area contributed by atoms with Crippen molar-refractivity contribution in [3.05, 3.63) is 65.5 Å². The highest BCUT2D eigenvalue weighted by molar-refractivity contribution is 5.70. The van der Waals surface area contributed by atoms with Crippen molar-refractivity contribution in [1.29, 1.82) is 0 Å². The molecular weight excluding hydrogens is 307 g/mol. The molecule has 0 saturated heterocycles. The SMILES string of the molecule is O=C(O)C1CCC(c2cc(F)ccc2OCc2ccccc2)CC1. The average molecular weight is 328 g/mol. The van der Waals surface area contributed by atoms with Gasteiger partial charge in [-0.05, 0) is 55.4 Å². The van der Waals surface area contributed by atoms with Crippen molar-refractivity contribution < 1.29 is 19.0 Å². The maximum atomic E-state index is 13.7. The van der Waals surface area contributed by atoms with Crippen LogP contribution in [0.2, 0.25) is 0 Å². The van der Waals surface area contributed by atoms with E-state index in [9.17, 15) is 9.18 Å². The molecule has 0 atom stereocenters. The fraction of sp³-hybridized carbons (Fsp3) is 0.350. The Balaban J connectivity index is 1.73. The summed E-state index contributed by atoms with van der Waals surface area (Å²) in [6, 6.07) is 14.5. The number of carbonyl (C=O) groups is 1. The zero-order valence-electron chi connectivity index (χ0n) is 13.5. The molecule has 1 aliphatic carbocycles. The van der Waals surface area contributed by atoms with E-state index in [1.807, 2.05) is 30.3 Å². The van der Waals surface area contributed by atoms with E-state index in [4.69, 9.17) is 9.84 Å². The van der Waals surface area contributed by atoms with Crippen LogP contribution in [-0.2, 0) is 11.4 Å². The molecule has 4 heteroatoms. The van der Waals surface area contributed by atoms with Crippen LogP contribution in [0.25, 0.3) is 0 Å². The molecule has 24 heavy (non-hydrogen) atoms. The maximum absolute atomic E-state index is 13.7. The number of aliphatic carboxylic acids is 1. The first-order valence-corrected chi connectivity index (χ1v) is 8.32. The van der Waals surface area contributed by atoms with Gasteiger partial charge in [0, 0.05) is 5.56 Å². The van der Waals surface area contributed by atoms with Crippen molar-refractivity contribution in [2.24, 2.45) is 5.92 Å². The lowest BCUT2D eigenvalue weighted by Gasteiger charge is -2.27. The van der Waals surface area contributed by atoms with E-state index in [0.29, 0.717) is 25.2 Å². The number of halogens is 1. The number of carboxylic acids is 1. The highest BCUT2D eigenvalue weighted by atomic mass is 19.1. The Kier molecular flexibility index (Phi) is 5.14. The third kappa shape index (κ3) is 3.94. The summed E-state index contributed by atoms with van der Waals surface area (Å²) in [5.41, 5.74) is 1.91. The number of benzene rings is 2. The molecule has 0 spiro atoms. The molecule has 1 saturated carbocycles. The van der Waals surface area contributed by atoms with Crippen LogP contribution in [0.15, 0.2) is 48.5 Å². The van der Waals surface area contributed by atoms with Crippen molar-refractivity contribution in [2.75, 3.05) is 0 Å². The minimum atomic E-state index is -0.728.